The molecule has 4 aliphatic carbocycles. The lowest BCUT2D eigenvalue weighted by Crippen LogP contribution is -2.52. The Kier molecular flexibility index (Phi) is 8.91. The lowest BCUT2D eigenvalue weighted by atomic mass is 9.41. The SMILES string of the molecule is C=C(C)C1=C(C)C[C@@]2(C)C[C@@]3(C)Cc4c(CCC5CCCCC5)cc(CCC(=C)c5ccccc5)c(C)c4C(=C)C3=C(C)[C@@]2(C)C1=C. The van der Waals surface area contributed by atoms with Gasteiger partial charge in [-0.25, -0.2) is 0 Å². The average molecular weight is 625 g/mol. The number of rotatable bonds is 8. The standard InChI is InChI=1S/C47H60/c1-30(2)42-32(4)27-46(10)29-45(9)28-41-40(25-23-37-18-14-12-15-19-37)26-39(24-22-31(3)38-20-16-13-17-21-38)33(5)43(41)34(6)44(45)36(8)47(46,11)35(42)7/h13,16-17,20-21,26,37H,1,3,6-7,12,14-15,18-19,22-25,27-29H2,2,4-5,8-11H3/t45-,46+,47-/m1/s1. The van der Waals surface area contributed by atoms with Crippen LogP contribution in [0, 0.1) is 29.1 Å². The minimum atomic E-state index is -0.126. The largest absolute Gasteiger partial charge is 0.0955 e. The predicted molar refractivity (Wildman–Crippen MR) is 206 cm³/mol. The first-order valence-electron chi connectivity index (χ1n) is 18.6. The van der Waals surface area contributed by atoms with E-state index in [9.17, 15) is 0 Å². The van der Waals surface area contributed by atoms with E-state index in [-0.39, 0.29) is 16.2 Å². The van der Waals surface area contributed by atoms with Gasteiger partial charge in [0, 0.05) is 5.41 Å². The fourth-order valence-electron chi connectivity index (χ4n) is 11.2. The molecule has 0 heteroatoms. The summed E-state index contributed by atoms with van der Waals surface area (Å²) in [6, 6.07) is 13.4. The molecule has 6 rings (SSSR count). The Balaban J connectivity index is 1.45. The van der Waals surface area contributed by atoms with Crippen molar-refractivity contribution in [3.8, 4) is 0 Å². The molecule has 0 amide bonds. The zero-order valence-corrected chi connectivity index (χ0v) is 30.9. The van der Waals surface area contributed by atoms with Crippen LogP contribution >= 0.6 is 0 Å². The molecular weight excluding hydrogens is 565 g/mol. The summed E-state index contributed by atoms with van der Waals surface area (Å²) in [5.74, 6) is 0.877. The predicted octanol–water partition coefficient (Wildman–Crippen LogP) is 13.3. The molecule has 0 saturated heterocycles. The first-order chi connectivity index (χ1) is 22.2. The van der Waals surface area contributed by atoms with E-state index in [4.69, 9.17) is 13.2 Å². The topological polar surface area (TPSA) is 0 Å². The van der Waals surface area contributed by atoms with Gasteiger partial charge in [-0.3, -0.25) is 0 Å². The smallest absolute Gasteiger partial charge is 0.0194 e. The lowest BCUT2D eigenvalue weighted by molar-refractivity contribution is 0.0543. The summed E-state index contributed by atoms with van der Waals surface area (Å²) < 4.78 is 0. The minimum absolute atomic E-state index is 0.0544. The third kappa shape index (κ3) is 5.53. The highest BCUT2D eigenvalue weighted by molar-refractivity contribution is 5.87. The molecule has 0 N–H and O–H groups in total. The van der Waals surface area contributed by atoms with Crippen molar-refractivity contribution in [1.29, 1.82) is 0 Å². The van der Waals surface area contributed by atoms with Crippen LogP contribution in [-0.2, 0) is 19.3 Å². The van der Waals surface area contributed by atoms with Gasteiger partial charge in [-0.15, -0.1) is 0 Å². The monoisotopic (exact) mass is 624 g/mol. The van der Waals surface area contributed by atoms with Gasteiger partial charge in [0.05, 0.1) is 0 Å². The quantitative estimate of drug-likeness (QED) is 0.274. The molecule has 0 heterocycles. The zero-order valence-electron chi connectivity index (χ0n) is 30.9. The van der Waals surface area contributed by atoms with Crippen LogP contribution in [0.15, 0.2) is 96.2 Å². The highest BCUT2D eigenvalue weighted by atomic mass is 14.6. The van der Waals surface area contributed by atoms with Crippen LogP contribution in [0.25, 0.3) is 11.1 Å². The fraction of sp³-hybridized carbons (Fsp3) is 0.489. The third-order valence-electron chi connectivity index (χ3n) is 13.6. The van der Waals surface area contributed by atoms with Gasteiger partial charge < -0.3 is 0 Å². The number of benzene rings is 2. The molecule has 3 atom stereocenters. The van der Waals surface area contributed by atoms with Crippen molar-refractivity contribution < 1.29 is 0 Å². The van der Waals surface area contributed by atoms with E-state index in [1.807, 2.05) is 0 Å². The maximum absolute atomic E-state index is 5.02. The highest BCUT2D eigenvalue weighted by Gasteiger charge is 2.59. The Morgan fingerprint density at radius 2 is 1.55 bits per heavy atom. The van der Waals surface area contributed by atoms with Crippen molar-refractivity contribution in [1.82, 2.24) is 0 Å². The molecule has 0 unspecified atom stereocenters. The Hall–Kier alpha value is -3.12. The van der Waals surface area contributed by atoms with Crippen molar-refractivity contribution in [2.75, 3.05) is 0 Å². The number of aryl methyl sites for hydroxylation is 2. The van der Waals surface area contributed by atoms with Crippen LogP contribution in [-0.4, -0.2) is 0 Å². The molecule has 2 aromatic rings. The summed E-state index contributed by atoms with van der Waals surface area (Å²) in [5, 5.41) is 0. The molecule has 0 aliphatic heterocycles. The first-order valence-corrected chi connectivity index (χ1v) is 18.6. The van der Waals surface area contributed by atoms with E-state index in [1.165, 1.54) is 106 Å². The summed E-state index contributed by atoms with van der Waals surface area (Å²) in [5.41, 5.74) is 19.6. The number of hydrogen-bond acceptors (Lipinski definition) is 0. The summed E-state index contributed by atoms with van der Waals surface area (Å²) in [7, 11) is 0. The molecule has 0 aromatic heterocycles. The van der Waals surface area contributed by atoms with Crippen LogP contribution in [0.2, 0.25) is 0 Å². The Morgan fingerprint density at radius 3 is 2.21 bits per heavy atom. The second-order valence-corrected chi connectivity index (χ2v) is 16.9. The van der Waals surface area contributed by atoms with Crippen LogP contribution in [0.5, 0.6) is 0 Å². The van der Waals surface area contributed by atoms with Crippen LogP contribution in [0.1, 0.15) is 133 Å². The van der Waals surface area contributed by atoms with Gasteiger partial charge in [-0.1, -0.05) is 132 Å². The molecule has 47 heavy (non-hydrogen) atoms. The third-order valence-corrected chi connectivity index (χ3v) is 13.6. The maximum Gasteiger partial charge on any atom is 0.0194 e. The Morgan fingerprint density at radius 1 is 0.872 bits per heavy atom. The van der Waals surface area contributed by atoms with E-state index in [1.54, 1.807) is 11.1 Å². The fourth-order valence-corrected chi connectivity index (χ4v) is 11.2. The molecule has 1 saturated carbocycles. The molecule has 0 radical (unpaired) electrons. The van der Waals surface area contributed by atoms with Crippen molar-refractivity contribution in [3.05, 3.63) is 130 Å². The molecule has 0 spiro atoms. The van der Waals surface area contributed by atoms with Gasteiger partial charge in [-0.05, 0) is 151 Å². The Labute approximate surface area is 287 Å². The van der Waals surface area contributed by atoms with Crippen LogP contribution < -0.4 is 0 Å². The second-order valence-electron chi connectivity index (χ2n) is 16.9. The van der Waals surface area contributed by atoms with E-state index in [2.05, 4.69) is 98.0 Å². The van der Waals surface area contributed by atoms with Crippen molar-refractivity contribution in [2.45, 2.75) is 126 Å². The first kappa shape index (κ1) is 33.8. The molecule has 0 nitrogen and oxygen atoms in total. The van der Waals surface area contributed by atoms with E-state index >= 15 is 0 Å². The number of hydrogen-bond donors (Lipinski definition) is 0. The van der Waals surface area contributed by atoms with E-state index < -0.39 is 0 Å². The van der Waals surface area contributed by atoms with Crippen molar-refractivity contribution >= 4 is 11.1 Å². The average Bonchev–Trinajstić information content (AvgIpc) is 3.02. The van der Waals surface area contributed by atoms with Crippen LogP contribution in [0.4, 0.5) is 0 Å². The second kappa shape index (κ2) is 12.4. The summed E-state index contributed by atoms with van der Waals surface area (Å²) in [4.78, 5) is 0. The minimum Gasteiger partial charge on any atom is -0.0955 e. The molecule has 248 valence electrons. The van der Waals surface area contributed by atoms with Gasteiger partial charge in [0.15, 0.2) is 0 Å². The molecule has 1 fully saturated rings. The molecule has 4 aliphatic rings. The van der Waals surface area contributed by atoms with Crippen molar-refractivity contribution in [3.63, 3.8) is 0 Å². The zero-order chi connectivity index (χ0) is 33.9. The number of fused-ring (bicyclic) bond motifs is 3. The van der Waals surface area contributed by atoms with Gasteiger partial charge >= 0.3 is 0 Å². The molecular formula is C47H60. The lowest BCUT2D eigenvalue weighted by Gasteiger charge is -2.62. The highest BCUT2D eigenvalue weighted by Crippen LogP contribution is 2.70. The van der Waals surface area contributed by atoms with E-state index in [0.29, 0.717) is 0 Å². The van der Waals surface area contributed by atoms with E-state index in [0.717, 1.165) is 43.6 Å². The maximum atomic E-state index is 5.02. The number of allylic oxidation sites excluding steroid dienone is 8. The molecule has 0 bridgehead atoms. The Bertz CT molecular complexity index is 1710. The normalized spacial score (nSPS) is 27.8. The summed E-state index contributed by atoms with van der Waals surface area (Å²) in [6.45, 7) is 35.7. The molecule has 2 aromatic carbocycles. The summed E-state index contributed by atoms with van der Waals surface area (Å²) in [6.07, 6.45) is 14.9. The summed E-state index contributed by atoms with van der Waals surface area (Å²) >= 11 is 0. The van der Waals surface area contributed by atoms with Gasteiger partial charge in [-0.2, -0.15) is 0 Å². The van der Waals surface area contributed by atoms with Gasteiger partial charge in [0.2, 0.25) is 0 Å². The van der Waals surface area contributed by atoms with Gasteiger partial charge in [0.25, 0.3) is 0 Å². The van der Waals surface area contributed by atoms with Crippen LogP contribution in [0.3, 0.4) is 0 Å². The van der Waals surface area contributed by atoms with Crippen molar-refractivity contribution in [2.24, 2.45) is 22.2 Å². The van der Waals surface area contributed by atoms with Gasteiger partial charge in [0.1, 0.15) is 0 Å².